The summed E-state index contributed by atoms with van der Waals surface area (Å²) in [6.45, 7) is 0.240. The van der Waals surface area contributed by atoms with Gasteiger partial charge in [0.15, 0.2) is 0 Å². The van der Waals surface area contributed by atoms with Gasteiger partial charge in [-0.3, -0.25) is 0 Å². The third-order valence-electron chi connectivity index (χ3n) is 1.59. The first kappa shape index (κ1) is 9.29. The van der Waals surface area contributed by atoms with Gasteiger partial charge in [0.05, 0.1) is 6.54 Å². The normalized spacial score (nSPS) is 10.4. The highest BCUT2D eigenvalue weighted by Gasteiger charge is 2.07. The fraction of sp³-hybridized carbons (Fsp3) is 0.125. The molecule has 0 aliphatic carbocycles. The Bertz CT molecular complexity index is 425. The first-order valence-corrected chi connectivity index (χ1v) is 4.73. The van der Waals surface area contributed by atoms with Gasteiger partial charge >= 0.3 is 0 Å². The second kappa shape index (κ2) is 3.85. The van der Waals surface area contributed by atoms with Gasteiger partial charge in [0.25, 0.3) is 5.89 Å². The van der Waals surface area contributed by atoms with Crippen LogP contribution in [0, 0.1) is 0 Å². The second-order valence-corrected chi connectivity index (χ2v) is 3.48. The summed E-state index contributed by atoms with van der Waals surface area (Å²) in [5.41, 5.74) is 5.98. The highest BCUT2D eigenvalue weighted by Crippen LogP contribution is 2.16. The molecule has 6 heteroatoms. The molecule has 2 N–H and O–H groups in total. The predicted octanol–water partition coefficient (Wildman–Crippen LogP) is 1.35. The number of aromatic nitrogens is 3. The lowest BCUT2D eigenvalue weighted by Crippen LogP contribution is -1.95. The molecule has 0 radical (unpaired) electrons. The molecule has 14 heavy (non-hydrogen) atoms. The lowest BCUT2D eigenvalue weighted by molar-refractivity contribution is 0.507. The van der Waals surface area contributed by atoms with Gasteiger partial charge in [-0.15, -0.1) is 10.2 Å². The maximum Gasteiger partial charge on any atom is 0.266 e. The van der Waals surface area contributed by atoms with E-state index in [2.05, 4.69) is 31.1 Å². The number of hydrogen-bond acceptors (Lipinski definition) is 5. The third kappa shape index (κ3) is 1.80. The molecule has 0 fully saturated rings. The zero-order valence-electron chi connectivity index (χ0n) is 7.14. The van der Waals surface area contributed by atoms with Crippen LogP contribution in [0.3, 0.4) is 0 Å². The monoisotopic (exact) mass is 254 g/mol. The van der Waals surface area contributed by atoms with Crippen molar-refractivity contribution in [2.45, 2.75) is 6.54 Å². The Morgan fingerprint density at radius 3 is 2.79 bits per heavy atom. The van der Waals surface area contributed by atoms with Crippen LogP contribution in [0.15, 0.2) is 27.2 Å². The van der Waals surface area contributed by atoms with E-state index >= 15 is 0 Å². The number of rotatable bonds is 2. The van der Waals surface area contributed by atoms with E-state index in [0.717, 1.165) is 4.47 Å². The minimum Gasteiger partial charge on any atom is -0.418 e. The Morgan fingerprint density at radius 1 is 1.36 bits per heavy atom. The summed E-state index contributed by atoms with van der Waals surface area (Å²) in [4.78, 5) is 4.11. The van der Waals surface area contributed by atoms with Crippen LogP contribution in [0.5, 0.6) is 0 Å². The van der Waals surface area contributed by atoms with Crippen molar-refractivity contribution >= 4 is 15.9 Å². The van der Waals surface area contributed by atoms with Gasteiger partial charge in [0.1, 0.15) is 5.69 Å². The molecule has 2 heterocycles. The second-order valence-electron chi connectivity index (χ2n) is 2.57. The molecule has 0 atom stereocenters. The molecule has 5 nitrogen and oxygen atoms in total. The summed E-state index contributed by atoms with van der Waals surface area (Å²) in [7, 11) is 0. The van der Waals surface area contributed by atoms with Gasteiger partial charge in [-0.25, -0.2) is 4.98 Å². The SMILES string of the molecule is NCc1nnc(-c2ccc(Br)cn2)o1. The van der Waals surface area contributed by atoms with Crippen molar-refractivity contribution in [1.29, 1.82) is 0 Å². The Labute approximate surface area is 88.5 Å². The summed E-state index contributed by atoms with van der Waals surface area (Å²) >= 11 is 3.29. The summed E-state index contributed by atoms with van der Waals surface area (Å²) in [6.07, 6.45) is 1.67. The molecule has 2 aromatic heterocycles. The van der Waals surface area contributed by atoms with Gasteiger partial charge in [0, 0.05) is 10.7 Å². The summed E-state index contributed by atoms with van der Waals surface area (Å²) in [5, 5.41) is 7.55. The van der Waals surface area contributed by atoms with Crippen molar-refractivity contribution in [2.24, 2.45) is 5.73 Å². The van der Waals surface area contributed by atoms with Gasteiger partial charge < -0.3 is 10.2 Å². The van der Waals surface area contributed by atoms with E-state index in [1.165, 1.54) is 0 Å². The number of nitrogens with zero attached hydrogens (tertiary/aromatic N) is 3. The van der Waals surface area contributed by atoms with Crippen LogP contribution in [-0.4, -0.2) is 15.2 Å². The Hall–Kier alpha value is -1.27. The zero-order valence-corrected chi connectivity index (χ0v) is 8.73. The molecule has 0 aliphatic heterocycles. The maximum absolute atomic E-state index is 5.34. The van der Waals surface area contributed by atoms with Crippen molar-refractivity contribution in [3.8, 4) is 11.6 Å². The molecule has 0 saturated carbocycles. The molecule has 0 amide bonds. The molecule has 0 saturated heterocycles. The van der Waals surface area contributed by atoms with Crippen LogP contribution in [0.2, 0.25) is 0 Å². The highest BCUT2D eigenvalue weighted by atomic mass is 79.9. The van der Waals surface area contributed by atoms with Crippen LogP contribution >= 0.6 is 15.9 Å². The smallest absolute Gasteiger partial charge is 0.266 e. The van der Waals surface area contributed by atoms with Crippen LogP contribution < -0.4 is 5.73 Å². The van der Waals surface area contributed by atoms with E-state index in [1.54, 1.807) is 12.3 Å². The van der Waals surface area contributed by atoms with Crippen LogP contribution in [0.25, 0.3) is 11.6 Å². The van der Waals surface area contributed by atoms with Crippen molar-refractivity contribution in [3.05, 3.63) is 28.7 Å². The van der Waals surface area contributed by atoms with Crippen LogP contribution in [0.4, 0.5) is 0 Å². The zero-order chi connectivity index (χ0) is 9.97. The highest BCUT2D eigenvalue weighted by molar-refractivity contribution is 9.10. The summed E-state index contributed by atoms with van der Waals surface area (Å²) < 4.78 is 6.14. The molecule has 0 aromatic carbocycles. The first-order valence-electron chi connectivity index (χ1n) is 3.94. The minimum atomic E-state index is 0.240. The van der Waals surface area contributed by atoms with Gasteiger partial charge in [-0.05, 0) is 28.1 Å². The molecule has 0 aliphatic rings. The van der Waals surface area contributed by atoms with Crippen LogP contribution in [0.1, 0.15) is 5.89 Å². The van der Waals surface area contributed by atoms with E-state index in [1.807, 2.05) is 6.07 Å². The average molecular weight is 255 g/mol. The van der Waals surface area contributed by atoms with Gasteiger partial charge in [-0.2, -0.15) is 0 Å². The van der Waals surface area contributed by atoms with Gasteiger partial charge in [-0.1, -0.05) is 0 Å². The lowest BCUT2D eigenvalue weighted by Gasteiger charge is -1.92. The number of nitrogens with two attached hydrogens (primary N) is 1. The standard InChI is InChI=1S/C8H7BrN4O/c9-5-1-2-6(11-4-5)8-13-12-7(3-10)14-8/h1-2,4H,3,10H2. The summed E-state index contributed by atoms with van der Waals surface area (Å²) in [6, 6.07) is 3.65. The van der Waals surface area contributed by atoms with E-state index in [-0.39, 0.29) is 6.54 Å². The molecule has 0 bridgehead atoms. The number of halogens is 1. The van der Waals surface area contributed by atoms with Crippen molar-refractivity contribution in [2.75, 3.05) is 0 Å². The van der Waals surface area contributed by atoms with Crippen molar-refractivity contribution < 1.29 is 4.42 Å². The number of hydrogen-bond donors (Lipinski definition) is 1. The quantitative estimate of drug-likeness (QED) is 0.876. The molecule has 0 unspecified atom stereocenters. The average Bonchev–Trinajstić information content (AvgIpc) is 2.67. The fourth-order valence-corrected chi connectivity index (χ4v) is 1.18. The summed E-state index contributed by atoms with van der Waals surface area (Å²) in [5.74, 6) is 0.794. The third-order valence-corrected chi connectivity index (χ3v) is 2.06. The predicted molar refractivity (Wildman–Crippen MR) is 53.1 cm³/mol. The topological polar surface area (TPSA) is 77.8 Å². The van der Waals surface area contributed by atoms with E-state index in [4.69, 9.17) is 10.2 Å². The largest absolute Gasteiger partial charge is 0.418 e. The Balaban J connectivity index is 2.34. The van der Waals surface area contributed by atoms with Crippen LogP contribution in [-0.2, 0) is 6.54 Å². The molecule has 0 spiro atoms. The van der Waals surface area contributed by atoms with Crippen molar-refractivity contribution in [3.63, 3.8) is 0 Å². The lowest BCUT2D eigenvalue weighted by atomic mass is 10.3. The molecule has 2 aromatic rings. The first-order chi connectivity index (χ1) is 6.79. The van der Waals surface area contributed by atoms with E-state index in [0.29, 0.717) is 17.5 Å². The fourth-order valence-electron chi connectivity index (χ4n) is 0.942. The Morgan fingerprint density at radius 2 is 2.21 bits per heavy atom. The molecular weight excluding hydrogens is 248 g/mol. The van der Waals surface area contributed by atoms with Gasteiger partial charge in [0.2, 0.25) is 5.89 Å². The molecule has 72 valence electrons. The minimum absolute atomic E-state index is 0.240. The van der Waals surface area contributed by atoms with E-state index in [9.17, 15) is 0 Å². The maximum atomic E-state index is 5.34. The van der Waals surface area contributed by atoms with E-state index < -0.39 is 0 Å². The molecule has 2 rings (SSSR count). The molecular formula is C8H7BrN4O. The Kier molecular flexibility index (Phi) is 2.55. The number of pyridine rings is 1. The van der Waals surface area contributed by atoms with Crippen molar-refractivity contribution in [1.82, 2.24) is 15.2 Å².